The first-order valence-corrected chi connectivity index (χ1v) is 10.5. The second kappa shape index (κ2) is 8.67. The zero-order chi connectivity index (χ0) is 21.1. The van der Waals surface area contributed by atoms with Crippen molar-refractivity contribution >= 4 is 23.3 Å². The standard InChI is InChI=1S/C23H24N4O2S/c1-2-3-14-27-21(20(25-23(27)30)18-7-4-5-13-24-18)19-8-6-15-26(19)17-11-9-16(10-12-17)22(28)29/h4-13,15,20-21H,2-3,14H2,1H3,(H,25,30)(H,28,29)/t20-,21-/m0/s1. The number of unbranched alkanes of at least 4 members (excludes halogenated alkanes) is 1. The van der Waals surface area contributed by atoms with Crippen LogP contribution in [0, 0.1) is 0 Å². The van der Waals surface area contributed by atoms with Crippen LogP contribution in [0.15, 0.2) is 67.0 Å². The maximum atomic E-state index is 11.2. The summed E-state index contributed by atoms with van der Waals surface area (Å²) in [5.74, 6) is -0.930. The van der Waals surface area contributed by atoms with Gasteiger partial charge >= 0.3 is 5.97 Å². The van der Waals surface area contributed by atoms with Crippen molar-refractivity contribution in [3.05, 3.63) is 83.9 Å². The van der Waals surface area contributed by atoms with Gasteiger partial charge in [0, 0.05) is 30.3 Å². The summed E-state index contributed by atoms with van der Waals surface area (Å²) >= 11 is 5.70. The van der Waals surface area contributed by atoms with E-state index in [0.717, 1.165) is 41.6 Å². The zero-order valence-corrected chi connectivity index (χ0v) is 17.5. The molecule has 0 radical (unpaired) electrons. The number of hydrogen-bond donors (Lipinski definition) is 2. The van der Waals surface area contributed by atoms with Crippen LogP contribution < -0.4 is 5.32 Å². The van der Waals surface area contributed by atoms with Gasteiger partial charge in [-0.25, -0.2) is 4.79 Å². The highest BCUT2D eigenvalue weighted by Gasteiger charge is 2.40. The van der Waals surface area contributed by atoms with Crippen molar-refractivity contribution in [2.45, 2.75) is 31.8 Å². The summed E-state index contributed by atoms with van der Waals surface area (Å²) in [6.45, 7) is 3.03. The lowest BCUT2D eigenvalue weighted by Gasteiger charge is -2.29. The number of benzene rings is 1. The summed E-state index contributed by atoms with van der Waals surface area (Å²) in [5, 5.41) is 13.4. The fraction of sp³-hybridized carbons (Fsp3) is 0.261. The third-order valence-electron chi connectivity index (χ3n) is 5.43. The lowest BCUT2D eigenvalue weighted by molar-refractivity contribution is 0.0697. The number of rotatable bonds is 7. The molecule has 6 nitrogen and oxygen atoms in total. The van der Waals surface area contributed by atoms with Gasteiger partial charge in [0.1, 0.15) is 0 Å². The molecule has 1 aliphatic rings. The highest BCUT2D eigenvalue weighted by atomic mass is 32.1. The number of hydrogen-bond acceptors (Lipinski definition) is 3. The zero-order valence-electron chi connectivity index (χ0n) is 16.7. The number of nitrogens with one attached hydrogen (secondary N) is 1. The second-order valence-corrected chi connectivity index (χ2v) is 7.72. The summed E-state index contributed by atoms with van der Waals surface area (Å²) in [6, 6.07) is 16.9. The van der Waals surface area contributed by atoms with Crippen molar-refractivity contribution in [3.63, 3.8) is 0 Å². The molecule has 2 N–H and O–H groups in total. The predicted octanol–water partition coefficient (Wildman–Crippen LogP) is 4.34. The summed E-state index contributed by atoms with van der Waals surface area (Å²) in [5.41, 5.74) is 3.20. The minimum Gasteiger partial charge on any atom is -0.478 e. The number of carbonyl (C=O) groups is 1. The minimum absolute atomic E-state index is 0.0203. The van der Waals surface area contributed by atoms with E-state index in [4.69, 9.17) is 12.2 Å². The molecule has 1 fully saturated rings. The highest BCUT2D eigenvalue weighted by molar-refractivity contribution is 7.80. The Morgan fingerprint density at radius 3 is 2.63 bits per heavy atom. The quantitative estimate of drug-likeness (QED) is 0.554. The molecular formula is C23H24N4O2S. The fourth-order valence-corrected chi connectivity index (χ4v) is 4.26. The van der Waals surface area contributed by atoms with E-state index in [1.54, 1.807) is 18.3 Å². The number of pyridine rings is 1. The lowest BCUT2D eigenvalue weighted by Crippen LogP contribution is -2.31. The third kappa shape index (κ3) is 3.80. The van der Waals surface area contributed by atoms with E-state index < -0.39 is 5.97 Å². The average Bonchev–Trinajstić information content (AvgIpc) is 3.37. The van der Waals surface area contributed by atoms with E-state index >= 15 is 0 Å². The fourth-order valence-electron chi connectivity index (χ4n) is 3.93. The molecule has 2 atom stereocenters. The minimum atomic E-state index is -0.930. The maximum absolute atomic E-state index is 11.2. The van der Waals surface area contributed by atoms with Crippen LogP contribution in [-0.4, -0.2) is 37.2 Å². The number of aromatic nitrogens is 2. The van der Waals surface area contributed by atoms with E-state index in [1.165, 1.54) is 0 Å². The van der Waals surface area contributed by atoms with Gasteiger partial charge < -0.3 is 19.9 Å². The van der Waals surface area contributed by atoms with Gasteiger partial charge in [0.2, 0.25) is 0 Å². The normalized spacial score (nSPS) is 18.4. The van der Waals surface area contributed by atoms with Gasteiger partial charge in [0.15, 0.2) is 5.11 Å². The molecule has 1 saturated heterocycles. The van der Waals surface area contributed by atoms with Gasteiger partial charge in [-0.15, -0.1) is 0 Å². The lowest BCUT2D eigenvalue weighted by atomic mass is 10.0. The van der Waals surface area contributed by atoms with E-state index in [2.05, 4.69) is 32.8 Å². The molecule has 0 amide bonds. The van der Waals surface area contributed by atoms with Crippen LogP contribution in [0.1, 0.15) is 53.6 Å². The topological polar surface area (TPSA) is 70.4 Å². The summed E-state index contributed by atoms with van der Waals surface area (Å²) in [6.07, 6.45) is 5.93. The van der Waals surface area contributed by atoms with Gasteiger partial charge in [-0.1, -0.05) is 19.4 Å². The Kier molecular flexibility index (Phi) is 5.81. The second-order valence-electron chi connectivity index (χ2n) is 7.33. The molecule has 30 heavy (non-hydrogen) atoms. The van der Waals surface area contributed by atoms with E-state index in [0.29, 0.717) is 0 Å². The summed E-state index contributed by atoms with van der Waals surface area (Å²) < 4.78 is 2.10. The van der Waals surface area contributed by atoms with Crippen LogP contribution in [-0.2, 0) is 0 Å². The van der Waals surface area contributed by atoms with E-state index in [1.807, 2.05) is 42.6 Å². The summed E-state index contributed by atoms with van der Waals surface area (Å²) in [7, 11) is 0. The predicted molar refractivity (Wildman–Crippen MR) is 120 cm³/mol. The molecule has 0 saturated carbocycles. The first-order chi connectivity index (χ1) is 14.6. The first-order valence-electron chi connectivity index (χ1n) is 10.1. The Morgan fingerprint density at radius 2 is 1.97 bits per heavy atom. The Morgan fingerprint density at radius 1 is 1.17 bits per heavy atom. The van der Waals surface area contributed by atoms with E-state index in [9.17, 15) is 9.90 Å². The number of carboxylic acids is 1. The molecule has 3 aromatic rings. The molecule has 1 aromatic carbocycles. The highest BCUT2D eigenvalue weighted by Crippen LogP contribution is 2.39. The largest absolute Gasteiger partial charge is 0.478 e. The van der Waals surface area contributed by atoms with Crippen LogP contribution in [0.2, 0.25) is 0 Å². The van der Waals surface area contributed by atoms with Gasteiger partial charge in [0.25, 0.3) is 0 Å². The molecule has 0 unspecified atom stereocenters. The van der Waals surface area contributed by atoms with Crippen molar-refractivity contribution < 1.29 is 9.90 Å². The Bertz CT molecular complexity index is 1030. The van der Waals surface area contributed by atoms with Gasteiger partial charge in [-0.2, -0.15) is 0 Å². The van der Waals surface area contributed by atoms with Crippen LogP contribution in [0.4, 0.5) is 0 Å². The van der Waals surface area contributed by atoms with Crippen molar-refractivity contribution in [3.8, 4) is 5.69 Å². The van der Waals surface area contributed by atoms with Crippen molar-refractivity contribution in [1.82, 2.24) is 19.8 Å². The Labute approximate surface area is 181 Å². The van der Waals surface area contributed by atoms with Gasteiger partial charge in [-0.05, 0) is 67.2 Å². The number of thiocarbonyl (C=S) groups is 1. The van der Waals surface area contributed by atoms with Crippen LogP contribution >= 0.6 is 12.2 Å². The van der Waals surface area contributed by atoms with Crippen LogP contribution in [0.25, 0.3) is 5.69 Å². The first kappa shape index (κ1) is 20.1. The smallest absolute Gasteiger partial charge is 0.335 e. The molecular weight excluding hydrogens is 396 g/mol. The third-order valence-corrected chi connectivity index (χ3v) is 5.78. The van der Waals surface area contributed by atoms with Gasteiger partial charge in [-0.3, -0.25) is 4.98 Å². The van der Waals surface area contributed by atoms with Crippen molar-refractivity contribution in [2.75, 3.05) is 6.54 Å². The Balaban J connectivity index is 1.76. The molecule has 3 heterocycles. The van der Waals surface area contributed by atoms with Gasteiger partial charge in [0.05, 0.1) is 23.3 Å². The Hall–Kier alpha value is -3.19. The number of carboxylic acid groups (broad SMARTS) is 1. The monoisotopic (exact) mass is 420 g/mol. The summed E-state index contributed by atoms with van der Waals surface area (Å²) in [4.78, 5) is 18.0. The van der Waals surface area contributed by atoms with Crippen LogP contribution in [0.3, 0.4) is 0 Å². The number of nitrogens with zero attached hydrogens (tertiary/aromatic N) is 3. The SMILES string of the molecule is CCCCN1C(=S)N[C@@H](c2ccccn2)[C@@H]1c1cccn1-c1ccc(C(=O)O)cc1. The molecule has 154 valence electrons. The molecule has 1 aliphatic heterocycles. The molecule has 0 spiro atoms. The van der Waals surface area contributed by atoms with Crippen LogP contribution in [0.5, 0.6) is 0 Å². The molecule has 2 aromatic heterocycles. The molecule has 7 heteroatoms. The molecule has 0 aliphatic carbocycles. The molecule has 0 bridgehead atoms. The van der Waals surface area contributed by atoms with Crippen molar-refractivity contribution in [2.24, 2.45) is 0 Å². The maximum Gasteiger partial charge on any atom is 0.335 e. The van der Waals surface area contributed by atoms with Crippen molar-refractivity contribution in [1.29, 1.82) is 0 Å². The molecule has 4 rings (SSSR count). The number of aromatic carboxylic acids is 1. The average molecular weight is 421 g/mol. The van der Waals surface area contributed by atoms with E-state index in [-0.39, 0.29) is 17.6 Å².